The first-order valence-corrected chi connectivity index (χ1v) is 11.1. The van der Waals surface area contributed by atoms with Crippen molar-refractivity contribution in [3.05, 3.63) is 76.6 Å². The topological polar surface area (TPSA) is 56.6 Å². The molecular formula is C24H30Cl2N2O2. The molecule has 0 spiro atoms. The van der Waals surface area contributed by atoms with E-state index in [1.54, 1.807) is 6.20 Å². The van der Waals surface area contributed by atoms with Crippen molar-refractivity contribution in [2.24, 2.45) is 5.41 Å². The third-order valence-corrected chi connectivity index (χ3v) is 6.83. The van der Waals surface area contributed by atoms with Gasteiger partial charge in [-0.05, 0) is 48.6 Å². The Morgan fingerprint density at radius 3 is 2.50 bits per heavy atom. The standard InChI is InChI=1S/C24H30Cl2N2O2/c1-4-10-24(3)12-21(17-11-19(26)14-27-13-17)22(16-6-8-18(25)9-7-16)28(23(24)30)20(5-2)15-29/h4,6-9,11,13-14,20-23,29-30H,1,5,10,12,15H2,2-3H3/t20-,21+,22+,23?,24-/m0/s1. The number of aliphatic hydroxyl groups excluding tert-OH is 2. The van der Waals surface area contributed by atoms with Crippen molar-refractivity contribution in [3.63, 3.8) is 0 Å². The molecule has 1 aliphatic heterocycles. The van der Waals surface area contributed by atoms with Crippen molar-refractivity contribution < 1.29 is 10.2 Å². The molecule has 0 aliphatic carbocycles. The molecule has 3 rings (SSSR count). The largest absolute Gasteiger partial charge is 0.395 e. The predicted octanol–water partition coefficient (Wildman–Crippen LogP) is 5.59. The minimum Gasteiger partial charge on any atom is -0.395 e. The predicted molar refractivity (Wildman–Crippen MR) is 123 cm³/mol. The highest BCUT2D eigenvalue weighted by Gasteiger charge is 2.51. The molecule has 6 heteroatoms. The average Bonchev–Trinajstić information content (AvgIpc) is 2.73. The molecule has 0 radical (unpaired) electrons. The fourth-order valence-corrected chi connectivity index (χ4v) is 5.12. The van der Waals surface area contributed by atoms with Gasteiger partial charge in [-0.15, -0.1) is 6.58 Å². The van der Waals surface area contributed by atoms with Gasteiger partial charge in [0.2, 0.25) is 0 Å². The third kappa shape index (κ3) is 4.58. The number of allylic oxidation sites excluding steroid dienone is 1. The van der Waals surface area contributed by atoms with Gasteiger partial charge in [-0.3, -0.25) is 9.88 Å². The molecule has 2 heterocycles. The van der Waals surface area contributed by atoms with Crippen molar-refractivity contribution in [3.8, 4) is 0 Å². The van der Waals surface area contributed by atoms with Gasteiger partial charge in [0.25, 0.3) is 0 Å². The van der Waals surface area contributed by atoms with E-state index in [0.717, 1.165) is 17.5 Å². The van der Waals surface area contributed by atoms with E-state index >= 15 is 0 Å². The first-order valence-electron chi connectivity index (χ1n) is 10.4. The fraction of sp³-hybridized carbons (Fsp3) is 0.458. The minimum atomic E-state index is -0.739. The summed E-state index contributed by atoms with van der Waals surface area (Å²) < 4.78 is 0. The number of nitrogens with zero attached hydrogens (tertiary/aromatic N) is 2. The van der Waals surface area contributed by atoms with Crippen LogP contribution in [-0.4, -0.2) is 39.0 Å². The van der Waals surface area contributed by atoms with Gasteiger partial charge < -0.3 is 10.2 Å². The Hall–Kier alpha value is -1.43. The summed E-state index contributed by atoms with van der Waals surface area (Å²) in [6.45, 7) is 7.99. The molecule has 5 atom stereocenters. The van der Waals surface area contributed by atoms with Gasteiger partial charge in [-0.2, -0.15) is 0 Å². The molecule has 1 saturated heterocycles. The number of halogens is 2. The number of benzene rings is 1. The second kappa shape index (κ2) is 9.80. The van der Waals surface area contributed by atoms with Crippen LogP contribution in [0.2, 0.25) is 10.0 Å². The van der Waals surface area contributed by atoms with Crippen molar-refractivity contribution in [1.82, 2.24) is 9.88 Å². The minimum absolute atomic E-state index is 0.0197. The molecule has 2 aromatic rings. The number of hydrogen-bond donors (Lipinski definition) is 2. The highest BCUT2D eigenvalue weighted by atomic mass is 35.5. The smallest absolute Gasteiger partial charge is 0.113 e. The Balaban J connectivity index is 2.20. The van der Waals surface area contributed by atoms with E-state index in [0.29, 0.717) is 22.9 Å². The van der Waals surface area contributed by atoms with Crippen LogP contribution >= 0.6 is 23.2 Å². The zero-order valence-electron chi connectivity index (χ0n) is 17.5. The fourth-order valence-electron chi connectivity index (χ4n) is 4.81. The molecule has 0 bridgehead atoms. The van der Waals surface area contributed by atoms with Gasteiger partial charge >= 0.3 is 0 Å². The van der Waals surface area contributed by atoms with Crippen LogP contribution in [0.15, 0.2) is 55.4 Å². The lowest BCUT2D eigenvalue weighted by Gasteiger charge is -2.55. The number of aliphatic hydroxyl groups is 2. The van der Waals surface area contributed by atoms with Gasteiger partial charge in [-0.25, -0.2) is 0 Å². The number of pyridine rings is 1. The maximum absolute atomic E-state index is 11.6. The van der Waals surface area contributed by atoms with Crippen LogP contribution in [0.5, 0.6) is 0 Å². The van der Waals surface area contributed by atoms with E-state index in [1.807, 2.05) is 49.5 Å². The van der Waals surface area contributed by atoms with Gasteiger partial charge in [0.15, 0.2) is 0 Å². The lowest BCUT2D eigenvalue weighted by atomic mass is 9.66. The summed E-state index contributed by atoms with van der Waals surface area (Å²) >= 11 is 12.4. The van der Waals surface area contributed by atoms with Crippen molar-refractivity contribution >= 4 is 23.2 Å². The molecule has 30 heavy (non-hydrogen) atoms. The van der Waals surface area contributed by atoms with Gasteiger partial charge in [0.1, 0.15) is 6.23 Å². The highest BCUT2D eigenvalue weighted by Crippen LogP contribution is 2.53. The number of likely N-dealkylation sites (tertiary alicyclic amines) is 1. The van der Waals surface area contributed by atoms with Crippen LogP contribution in [0, 0.1) is 5.41 Å². The first kappa shape index (κ1) is 23.2. The SMILES string of the molecule is C=CC[C@@]1(C)C[C@H](c2cncc(Cl)c2)[C@@H](c2ccc(Cl)cc2)N([C@@H](CC)CO)C1O. The maximum atomic E-state index is 11.6. The lowest BCUT2D eigenvalue weighted by Crippen LogP contribution is -2.59. The zero-order valence-corrected chi connectivity index (χ0v) is 19.0. The van der Waals surface area contributed by atoms with E-state index in [2.05, 4.69) is 23.4 Å². The van der Waals surface area contributed by atoms with Crippen LogP contribution in [0.4, 0.5) is 0 Å². The molecule has 2 N–H and O–H groups in total. The van der Waals surface area contributed by atoms with Crippen LogP contribution in [0.1, 0.15) is 56.2 Å². The Kier molecular flexibility index (Phi) is 7.59. The number of rotatable bonds is 7. The van der Waals surface area contributed by atoms with Crippen molar-refractivity contribution in [1.29, 1.82) is 0 Å². The van der Waals surface area contributed by atoms with E-state index in [1.165, 1.54) is 0 Å². The van der Waals surface area contributed by atoms with Crippen molar-refractivity contribution in [2.45, 2.75) is 57.3 Å². The highest BCUT2D eigenvalue weighted by molar-refractivity contribution is 6.30. The number of aromatic nitrogens is 1. The number of hydrogen-bond acceptors (Lipinski definition) is 4. The quantitative estimate of drug-likeness (QED) is 0.541. The zero-order chi connectivity index (χ0) is 21.9. The van der Waals surface area contributed by atoms with Crippen LogP contribution < -0.4 is 0 Å². The van der Waals surface area contributed by atoms with E-state index in [9.17, 15) is 10.2 Å². The normalized spacial score (nSPS) is 28.3. The molecule has 162 valence electrons. The lowest BCUT2D eigenvalue weighted by molar-refractivity contribution is -0.170. The Labute approximate surface area is 189 Å². The van der Waals surface area contributed by atoms with Gasteiger partial charge in [0, 0.05) is 40.8 Å². The summed E-state index contributed by atoms with van der Waals surface area (Å²) in [7, 11) is 0. The number of piperidine rings is 1. The molecule has 4 nitrogen and oxygen atoms in total. The van der Waals surface area contributed by atoms with E-state index in [-0.39, 0.29) is 24.6 Å². The molecule has 1 aliphatic rings. The average molecular weight is 449 g/mol. The molecule has 0 saturated carbocycles. The summed E-state index contributed by atoms with van der Waals surface area (Å²) in [4.78, 5) is 6.39. The van der Waals surface area contributed by atoms with Crippen LogP contribution in [0.25, 0.3) is 0 Å². The van der Waals surface area contributed by atoms with E-state index in [4.69, 9.17) is 23.2 Å². The Morgan fingerprint density at radius 1 is 1.23 bits per heavy atom. The summed E-state index contributed by atoms with van der Waals surface area (Å²) in [5, 5.41) is 23.0. The second-order valence-corrected chi connectivity index (χ2v) is 9.33. The summed E-state index contributed by atoms with van der Waals surface area (Å²) in [5.41, 5.74) is 1.62. The monoisotopic (exact) mass is 448 g/mol. The molecule has 0 amide bonds. The first-order chi connectivity index (χ1) is 14.3. The second-order valence-electron chi connectivity index (χ2n) is 8.46. The molecule has 1 unspecified atom stereocenters. The molecule has 1 aromatic carbocycles. The van der Waals surface area contributed by atoms with Crippen LogP contribution in [0.3, 0.4) is 0 Å². The molecular weight excluding hydrogens is 419 g/mol. The van der Waals surface area contributed by atoms with E-state index < -0.39 is 11.6 Å². The molecule has 1 aromatic heterocycles. The van der Waals surface area contributed by atoms with Crippen LogP contribution in [-0.2, 0) is 0 Å². The third-order valence-electron chi connectivity index (χ3n) is 6.37. The Morgan fingerprint density at radius 2 is 1.93 bits per heavy atom. The van der Waals surface area contributed by atoms with Gasteiger partial charge in [0.05, 0.1) is 11.6 Å². The summed E-state index contributed by atoms with van der Waals surface area (Å²) in [5.74, 6) is 0.0197. The Bertz CT molecular complexity index is 857. The van der Waals surface area contributed by atoms with Crippen molar-refractivity contribution in [2.75, 3.05) is 6.61 Å². The maximum Gasteiger partial charge on any atom is 0.113 e. The van der Waals surface area contributed by atoms with Gasteiger partial charge in [-0.1, -0.05) is 55.3 Å². The summed E-state index contributed by atoms with van der Waals surface area (Å²) in [6.07, 6.45) is 6.70. The molecule has 1 fully saturated rings. The summed E-state index contributed by atoms with van der Waals surface area (Å²) in [6, 6.07) is 9.33.